The molecule has 0 aromatic heterocycles. The highest BCUT2D eigenvalue weighted by atomic mass is 16.2. The van der Waals surface area contributed by atoms with E-state index in [1.54, 1.807) is 0 Å². The highest BCUT2D eigenvalue weighted by molar-refractivity contribution is 5.78. The minimum atomic E-state index is -0.0937. The fourth-order valence-corrected chi connectivity index (χ4v) is 2.47. The Balaban J connectivity index is 2.35. The maximum Gasteiger partial charge on any atom is 0.234 e. The van der Waals surface area contributed by atoms with E-state index in [0.717, 1.165) is 32.5 Å². The highest BCUT2D eigenvalue weighted by Crippen LogP contribution is 2.18. The van der Waals surface area contributed by atoms with E-state index in [0.29, 0.717) is 12.5 Å². The largest absolute Gasteiger partial charge is 0.350 e. The van der Waals surface area contributed by atoms with Crippen LogP contribution in [0.4, 0.5) is 0 Å². The van der Waals surface area contributed by atoms with Gasteiger partial charge in [0.2, 0.25) is 5.91 Å². The molecule has 0 saturated carbocycles. The van der Waals surface area contributed by atoms with Gasteiger partial charge in [0.15, 0.2) is 0 Å². The van der Waals surface area contributed by atoms with Crippen molar-refractivity contribution in [1.29, 1.82) is 0 Å². The Labute approximate surface area is 111 Å². The van der Waals surface area contributed by atoms with Gasteiger partial charge in [0, 0.05) is 12.1 Å². The Morgan fingerprint density at radius 2 is 2.22 bits per heavy atom. The van der Waals surface area contributed by atoms with Gasteiger partial charge in [0.05, 0.1) is 6.54 Å². The number of nitrogens with two attached hydrogens (primary N) is 1. The molecule has 0 radical (unpaired) electrons. The lowest BCUT2D eigenvalue weighted by Gasteiger charge is -2.33. The number of carbonyl (C=O) groups excluding carboxylic acids is 1. The average molecular weight is 255 g/mol. The third-order valence-electron chi connectivity index (χ3n) is 3.91. The average Bonchev–Trinajstić information content (AvgIpc) is 2.29. The second kappa shape index (κ2) is 7.10. The summed E-state index contributed by atoms with van der Waals surface area (Å²) >= 11 is 0. The van der Waals surface area contributed by atoms with Crippen LogP contribution in [0.3, 0.4) is 0 Å². The standard InChI is InChI=1S/C14H29N3O/c1-4-14(2,3)16-13(18)11-17-9-5-6-12(10-17)7-8-15/h12H,4-11,15H2,1-3H3,(H,16,18). The molecule has 4 nitrogen and oxygen atoms in total. The first-order valence-electron chi connectivity index (χ1n) is 7.20. The second-order valence-corrected chi connectivity index (χ2v) is 6.11. The Hall–Kier alpha value is -0.610. The molecule has 3 N–H and O–H groups in total. The fraction of sp³-hybridized carbons (Fsp3) is 0.929. The van der Waals surface area contributed by atoms with Crippen molar-refractivity contribution in [3.8, 4) is 0 Å². The quantitative estimate of drug-likeness (QED) is 0.753. The van der Waals surface area contributed by atoms with Crippen molar-refractivity contribution in [2.45, 2.75) is 52.0 Å². The smallest absolute Gasteiger partial charge is 0.234 e. The number of nitrogens with one attached hydrogen (secondary N) is 1. The first-order chi connectivity index (χ1) is 8.46. The van der Waals surface area contributed by atoms with Crippen LogP contribution in [-0.4, -0.2) is 42.5 Å². The van der Waals surface area contributed by atoms with E-state index >= 15 is 0 Å². The minimum Gasteiger partial charge on any atom is -0.350 e. The van der Waals surface area contributed by atoms with Crippen molar-refractivity contribution in [2.24, 2.45) is 11.7 Å². The summed E-state index contributed by atoms with van der Waals surface area (Å²) in [7, 11) is 0. The predicted molar refractivity (Wildman–Crippen MR) is 75.3 cm³/mol. The van der Waals surface area contributed by atoms with Gasteiger partial charge in [-0.15, -0.1) is 0 Å². The van der Waals surface area contributed by atoms with Crippen molar-refractivity contribution in [3.63, 3.8) is 0 Å². The van der Waals surface area contributed by atoms with Gasteiger partial charge in [-0.3, -0.25) is 9.69 Å². The Morgan fingerprint density at radius 3 is 2.83 bits per heavy atom. The van der Waals surface area contributed by atoms with Gasteiger partial charge in [0.1, 0.15) is 0 Å². The molecule has 0 aromatic rings. The molecule has 0 aromatic carbocycles. The van der Waals surface area contributed by atoms with Gasteiger partial charge in [-0.25, -0.2) is 0 Å². The molecule has 0 aliphatic carbocycles. The number of carbonyl (C=O) groups is 1. The van der Waals surface area contributed by atoms with Crippen molar-refractivity contribution >= 4 is 5.91 Å². The molecule has 1 atom stereocenters. The molecular formula is C14H29N3O. The van der Waals surface area contributed by atoms with E-state index in [9.17, 15) is 4.79 Å². The molecule has 1 saturated heterocycles. The van der Waals surface area contributed by atoms with Crippen molar-refractivity contribution in [2.75, 3.05) is 26.2 Å². The summed E-state index contributed by atoms with van der Waals surface area (Å²) in [4.78, 5) is 14.2. The Kier molecular flexibility index (Phi) is 6.09. The van der Waals surface area contributed by atoms with Gasteiger partial charge in [-0.2, -0.15) is 0 Å². The molecule has 1 heterocycles. The zero-order chi connectivity index (χ0) is 13.6. The van der Waals surface area contributed by atoms with Gasteiger partial charge in [-0.05, 0) is 58.5 Å². The molecular weight excluding hydrogens is 226 g/mol. The van der Waals surface area contributed by atoms with E-state index in [4.69, 9.17) is 5.73 Å². The number of rotatable bonds is 6. The van der Waals surface area contributed by atoms with E-state index in [1.165, 1.54) is 12.8 Å². The number of hydrogen-bond donors (Lipinski definition) is 2. The molecule has 0 spiro atoms. The molecule has 18 heavy (non-hydrogen) atoms. The van der Waals surface area contributed by atoms with Crippen LogP contribution in [0.1, 0.15) is 46.5 Å². The third kappa shape index (κ3) is 5.36. The zero-order valence-electron chi connectivity index (χ0n) is 12.2. The van der Waals surface area contributed by atoms with Crippen LogP contribution in [0.2, 0.25) is 0 Å². The number of likely N-dealkylation sites (tertiary alicyclic amines) is 1. The molecule has 1 aliphatic rings. The van der Waals surface area contributed by atoms with Crippen molar-refractivity contribution in [1.82, 2.24) is 10.2 Å². The van der Waals surface area contributed by atoms with E-state index in [2.05, 4.69) is 31.0 Å². The molecule has 106 valence electrons. The summed E-state index contributed by atoms with van der Waals surface area (Å²) in [6, 6.07) is 0. The van der Waals surface area contributed by atoms with Crippen molar-refractivity contribution < 1.29 is 4.79 Å². The molecule has 0 bridgehead atoms. The van der Waals surface area contributed by atoms with E-state index < -0.39 is 0 Å². The van der Waals surface area contributed by atoms with Crippen LogP contribution >= 0.6 is 0 Å². The van der Waals surface area contributed by atoms with Gasteiger partial charge >= 0.3 is 0 Å². The lowest BCUT2D eigenvalue weighted by molar-refractivity contribution is -0.124. The van der Waals surface area contributed by atoms with Crippen LogP contribution in [0.15, 0.2) is 0 Å². The topological polar surface area (TPSA) is 58.4 Å². The fourth-order valence-electron chi connectivity index (χ4n) is 2.47. The van der Waals surface area contributed by atoms with Gasteiger partial charge < -0.3 is 11.1 Å². The van der Waals surface area contributed by atoms with Gasteiger partial charge in [-0.1, -0.05) is 6.92 Å². The summed E-state index contributed by atoms with van der Waals surface area (Å²) in [5.41, 5.74) is 5.52. The molecule has 4 heteroatoms. The number of piperidine rings is 1. The third-order valence-corrected chi connectivity index (χ3v) is 3.91. The van der Waals surface area contributed by atoms with Crippen LogP contribution in [-0.2, 0) is 4.79 Å². The predicted octanol–water partition coefficient (Wildman–Crippen LogP) is 1.35. The molecule has 1 amide bonds. The normalized spacial score (nSPS) is 21.9. The number of nitrogens with zero attached hydrogens (tertiary/aromatic N) is 1. The minimum absolute atomic E-state index is 0.0937. The van der Waals surface area contributed by atoms with Gasteiger partial charge in [0.25, 0.3) is 0 Å². The SMILES string of the molecule is CCC(C)(C)NC(=O)CN1CCCC(CCN)C1. The van der Waals surface area contributed by atoms with Crippen molar-refractivity contribution in [3.05, 3.63) is 0 Å². The summed E-state index contributed by atoms with van der Waals surface area (Å²) in [5, 5.41) is 3.09. The second-order valence-electron chi connectivity index (χ2n) is 6.11. The molecule has 1 unspecified atom stereocenters. The lowest BCUT2D eigenvalue weighted by Crippen LogP contribution is -2.49. The van der Waals surface area contributed by atoms with Crippen LogP contribution in [0.5, 0.6) is 0 Å². The van der Waals surface area contributed by atoms with E-state index in [-0.39, 0.29) is 11.4 Å². The van der Waals surface area contributed by atoms with Crippen LogP contribution in [0.25, 0.3) is 0 Å². The van der Waals surface area contributed by atoms with Crippen LogP contribution < -0.4 is 11.1 Å². The summed E-state index contributed by atoms with van der Waals surface area (Å²) in [6.07, 6.45) is 4.48. The summed E-state index contributed by atoms with van der Waals surface area (Å²) in [5.74, 6) is 0.825. The zero-order valence-corrected chi connectivity index (χ0v) is 12.2. The maximum absolute atomic E-state index is 12.0. The Morgan fingerprint density at radius 1 is 1.50 bits per heavy atom. The van der Waals surface area contributed by atoms with Crippen LogP contribution in [0, 0.1) is 5.92 Å². The number of hydrogen-bond acceptors (Lipinski definition) is 3. The monoisotopic (exact) mass is 255 g/mol. The highest BCUT2D eigenvalue weighted by Gasteiger charge is 2.23. The number of amides is 1. The molecule has 1 fully saturated rings. The summed E-state index contributed by atoms with van der Waals surface area (Å²) in [6.45, 7) is 9.59. The molecule has 1 rings (SSSR count). The maximum atomic E-state index is 12.0. The summed E-state index contributed by atoms with van der Waals surface area (Å²) < 4.78 is 0. The first-order valence-corrected chi connectivity index (χ1v) is 7.20. The molecule has 1 aliphatic heterocycles. The Bertz CT molecular complexity index is 264. The first kappa shape index (κ1) is 15.4. The van der Waals surface area contributed by atoms with E-state index in [1.807, 2.05) is 0 Å². The lowest BCUT2D eigenvalue weighted by atomic mass is 9.95.